The van der Waals surface area contributed by atoms with E-state index in [0.29, 0.717) is 6.61 Å². The van der Waals surface area contributed by atoms with Crippen LogP contribution >= 0.6 is 0 Å². The fourth-order valence-corrected chi connectivity index (χ4v) is 2.77. The third-order valence-corrected chi connectivity index (χ3v) is 3.82. The molecule has 96 valence electrons. The smallest absolute Gasteiger partial charge is 0.0431 e. The monoisotopic (exact) mass is 227 g/mol. The second-order valence-corrected chi connectivity index (χ2v) is 5.09. The number of hydrogen-bond acceptors (Lipinski definition) is 2. The molecule has 1 fully saturated rings. The van der Waals surface area contributed by atoms with Crippen molar-refractivity contribution in [1.29, 1.82) is 0 Å². The predicted octanol–water partition coefficient (Wildman–Crippen LogP) is 3.19. The van der Waals surface area contributed by atoms with Crippen molar-refractivity contribution in [3.05, 3.63) is 0 Å². The van der Waals surface area contributed by atoms with Crippen LogP contribution < -0.4 is 0 Å². The predicted molar refractivity (Wildman–Crippen MR) is 69.7 cm³/mol. The van der Waals surface area contributed by atoms with Crippen molar-refractivity contribution in [3.63, 3.8) is 0 Å². The number of rotatable bonds is 7. The SMILES string of the molecule is CCC1CCCCCN1CCCCCCO. The maximum absolute atomic E-state index is 8.72. The van der Waals surface area contributed by atoms with Crippen LogP contribution in [0.3, 0.4) is 0 Å². The van der Waals surface area contributed by atoms with Crippen molar-refractivity contribution < 1.29 is 5.11 Å². The maximum atomic E-state index is 8.72. The minimum atomic E-state index is 0.362. The van der Waals surface area contributed by atoms with Gasteiger partial charge in [0, 0.05) is 12.6 Å². The number of hydrogen-bond donors (Lipinski definition) is 1. The molecule has 2 heteroatoms. The summed E-state index contributed by atoms with van der Waals surface area (Å²) < 4.78 is 0. The van der Waals surface area contributed by atoms with Crippen LogP contribution in [0.2, 0.25) is 0 Å². The zero-order valence-corrected chi connectivity index (χ0v) is 11.0. The van der Waals surface area contributed by atoms with Gasteiger partial charge in [-0.25, -0.2) is 0 Å². The van der Waals surface area contributed by atoms with Crippen LogP contribution in [0.5, 0.6) is 0 Å². The molecule has 0 aromatic rings. The molecule has 1 unspecified atom stereocenters. The van der Waals surface area contributed by atoms with E-state index in [1.165, 1.54) is 64.5 Å². The lowest BCUT2D eigenvalue weighted by Crippen LogP contribution is -2.35. The number of unbranched alkanes of at least 4 members (excludes halogenated alkanes) is 3. The number of likely N-dealkylation sites (tertiary alicyclic amines) is 1. The van der Waals surface area contributed by atoms with Gasteiger partial charge in [-0.05, 0) is 45.2 Å². The summed E-state index contributed by atoms with van der Waals surface area (Å²) in [5, 5.41) is 8.72. The first-order valence-electron chi connectivity index (χ1n) is 7.23. The second kappa shape index (κ2) is 9.00. The molecule has 1 atom stereocenters. The van der Waals surface area contributed by atoms with Crippen molar-refractivity contribution >= 4 is 0 Å². The molecule has 0 aromatic heterocycles. The molecule has 0 amide bonds. The summed E-state index contributed by atoms with van der Waals surface area (Å²) in [6.45, 7) is 5.29. The van der Waals surface area contributed by atoms with E-state index in [-0.39, 0.29) is 0 Å². The maximum Gasteiger partial charge on any atom is 0.0431 e. The van der Waals surface area contributed by atoms with Crippen LogP contribution in [0.25, 0.3) is 0 Å². The molecule has 1 heterocycles. The van der Waals surface area contributed by atoms with Gasteiger partial charge in [0.15, 0.2) is 0 Å². The molecule has 1 N–H and O–H groups in total. The van der Waals surface area contributed by atoms with E-state index in [9.17, 15) is 0 Å². The van der Waals surface area contributed by atoms with E-state index >= 15 is 0 Å². The quantitative estimate of drug-likeness (QED) is 0.675. The molecular weight excluding hydrogens is 198 g/mol. The summed E-state index contributed by atoms with van der Waals surface area (Å²) in [5.74, 6) is 0. The van der Waals surface area contributed by atoms with Gasteiger partial charge in [0.05, 0.1) is 0 Å². The van der Waals surface area contributed by atoms with E-state index in [1.54, 1.807) is 0 Å². The van der Waals surface area contributed by atoms with Crippen molar-refractivity contribution in [2.75, 3.05) is 19.7 Å². The standard InChI is InChI=1S/C14H29NO/c1-2-14-10-6-5-8-12-15(14)11-7-3-4-9-13-16/h14,16H,2-13H2,1H3. The highest BCUT2D eigenvalue weighted by atomic mass is 16.2. The lowest BCUT2D eigenvalue weighted by atomic mass is 10.1. The zero-order chi connectivity index (χ0) is 11.6. The van der Waals surface area contributed by atoms with Gasteiger partial charge in [0.25, 0.3) is 0 Å². The van der Waals surface area contributed by atoms with E-state index in [4.69, 9.17) is 5.11 Å². The molecule has 0 aromatic carbocycles. The highest BCUT2D eigenvalue weighted by molar-refractivity contribution is 4.74. The molecule has 1 rings (SSSR count). The summed E-state index contributed by atoms with van der Waals surface area (Å²) in [4.78, 5) is 2.71. The molecular formula is C14H29NO. The van der Waals surface area contributed by atoms with Crippen molar-refractivity contribution in [2.45, 2.75) is 70.8 Å². The van der Waals surface area contributed by atoms with Crippen LogP contribution in [0.4, 0.5) is 0 Å². The average molecular weight is 227 g/mol. The van der Waals surface area contributed by atoms with Gasteiger partial charge < -0.3 is 10.0 Å². The van der Waals surface area contributed by atoms with Gasteiger partial charge in [0.2, 0.25) is 0 Å². The van der Waals surface area contributed by atoms with E-state index in [1.807, 2.05) is 0 Å². The Balaban J connectivity index is 2.15. The largest absolute Gasteiger partial charge is 0.396 e. The van der Waals surface area contributed by atoms with Crippen molar-refractivity contribution in [3.8, 4) is 0 Å². The average Bonchev–Trinajstić information content (AvgIpc) is 2.53. The number of aliphatic hydroxyl groups is 1. The second-order valence-electron chi connectivity index (χ2n) is 5.09. The molecule has 0 spiro atoms. The molecule has 1 aliphatic heterocycles. The summed E-state index contributed by atoms with van der Waals surface area (Å²) >= 11 is 0. The molecule has 0 radical (unpaired) electrons. The van der Waals surface area contributed by atoms with Gasteiger partial charge in [-0.3, -0.25) is 0 Å². The molecule has 2 nitrogen and oxygen atoms in total. The minimum absolute atomic E-state index is 0.362. The van der Waals surface area contributed by atoms with Gasteiger partial charge in [0.1, 0.15) is 0 Å². The van der Waals surface area contributed by atoms with Gasteiger partial charge in [-0.15, -0.1) is 0 Å². The van der Waals surface area contributed by atoms with Crippen molar-refractivity contribution in [2.24, 2.45) is 0 Å². The third kappa shape index (κ3) is 5.31. The Morgan fingerprint density at radius 3 is 2.62 bits per heavy atom. The topological polar surface area (TPSA) is 23.5 Å². The zero-order valence-electron chi connectivity index (χ0n) is 11.0. The Morgan fingerprint density at radius 1 is 1.06 bits per heavy atom. The first kappa shape index (κ1) is 14.0. The molecule has 0 bridgehead atoms. The molecule has 0 aliphatic carbocycles. The van der Waals surface area contributed by atoms with Gasteiger partial charge in [-0.1, -0.05) is 32.6 Å². The fourth-order valence-electron chi connectivity index (χ4n) is 2.77. The Labute approximate surface area is 101 Å². The highest BCUT2D eigenvalue weighted by Crippen LogP contribution is 2.19. The van der Waals surface area contributed by atoms with Gasteiger partial charge in [-0.2, -0.15) is 0 Å². The third-order valence-electron chi connectivity index (χ3n) is 3.82. The summed E-state index contributed by atoms with van der Waals surface area (Å²) in [5.41, 5.74) is 0. The lowest BCUT2D eigenvalue weighted by Gasteiger charge is -2.29. The lowest BCUT2D eigenvalue weighted by molar-refractivity contribution is 0.189. The van der Waals surface area contributed by atoms with Crippen LogP contribution in [0.1, 0.15) is 64.7 Å². The Hall–Kier alpha value is -0.0800. The van der Waals surface area contributed by atoms with E-state index < -0.39 is 0 Å². The van der Waals surface area contributed by atoms with E-state index in [0.717, 1.165) is 12.5 Å². The Bertz CT molecular complexity index is 161. The molecule has 1 aliphatic rings. The van der Waals surface area contributed by atoms with Crippen LogP contribution in [-0.4, -0.2) is 35.7 Å². The summed E-state index contributed by atoms with van der Waals surface area (Å²) in [6, 6.07) is 0.848. The normalized spacial score (nSPS) is 23.2. The van der Waals surface area contributed by atoms with Crippen LogP contribution in [-0.2, 0) is 0 Å². The van der Waals surface area contributed by atoms with Crippen molar-refractivity contribution in [1.82, 2.24) is 4.90 Å². The van der Waals surface area contributed by atoms with E-state index in [2.05, 4.69) is 11.8 Å². The number of nitrogens with zero attached hydrogens (tertiary/aromatic N) is 1. The Morgan fingerprint density at radius 2 is 1.88 bits per heavy atom. The van der Waals surface area contributed by atoms with Gasteiger partial charge >= 0.3 is 0 Å². The molecule has 0 saturated carbocycles. The van der Waals surface area contributed by atoms with Crippen LogP contribution in [0.15, 0.2) is 0 Å². The highest BCUT2D eigenvalue weighted by Gasteiger charge is 2.18. The van der Waals surface area contributed by atoms with Crippen LogP contribution in [0, 0.1) is 0 Å². The number of aliphatic hydroxyl groups excluding tert-OH is 1. The Kier molecular flexibility index (Phi) is 7.87. The molecule has 16 heavy (non-hydrogen) atoms. The summed E-state index contributed by atoms with van der Waals surface area (Å²) in [6.07, 6.45) is 11.8. The molecule has 1 saturated heterocycles. The minimum Gasteiger partial charge on any atom is -0.396 e. The summed E-state index contributed by atoms with van der Waals surface area (Å²) in [7, 11) is 0. The first-order valence-corrected chi connectivity index (χ1v) is 7.23. The first-order chi connectivity index (χ1) is 7.88. The fraction of sp³-hybridized carbons (Fsp3) is 1.00.